The van der Waals surface area contributed by atoms with Crippen molar-refractivity contribution in [2.45, 2.75) is 50.6 Å². The van der Waals surface area contributed by atoms with E-state index in [2.05, 4.69) is 65.8 Å². The number of nitrogens with zero attached hydrogens (tertiary/aromatic N) is 3. The second-order valence-electron chi connectivity index (χ2n) is 10.7. The summed E-state index contributed by atoms with van der Waals surface area (Å²) in [6.07, 6.45) is 6.27. The fourth-order valence-electron chi connectivity index (χ4n) is 5.95. The molecule has 0 saturated heterocycles. The van der Waals surface area contributed by atoms with Gasteiger partial charge in [0.2, 0.25) is 0 Å². The van der Waals surface area contributed by atoms with Gasteiger partial charge in [0.1, 0.15) is 12.4 Å². The zero-order valence-electron chi connectivity index (χ0n) is 22.1. The molecule has 2 heterocycles. The minimum Gasteiger partial charge on any atom is -0.491 e. The molecule has 1 aromatic heterocycles. The Labute approximate surface area is 214 Å². The van der Waals surface area contributed by atoms with Gasteiger partial charge >= 0.3 is 5.97 Å². The van der Waals surface area contributed by atoms with Crippen molar-refractivity contribution >= 4 is 16.9 Å². The number of fused-ring (bicyclic) bond motifs is 5. The van der Waals surface area contributed by atoms with Gasteiger partial charge < -0.3 is 18.9 Å². The molecule has 2 aliphatic rings. The van der Waals surface area contributed by atoms with Crippen LogP contribution in [0.3, 0.4) is 0 Å². The van der Waals surface area contributed by atoms with Gasteiger partial charge in [0.15, 0.2) is 0 Å². The maximum atomic E-state index is 12.5. The summed E-state index contributed by atoms with van der Waals surface area (Å²) in [5.41, 5.74) is 5.57. The van der Waals surface area contributed by atoms with Crippen molar-refractivity contribution in [1.82, 2.24) is 14.4 Å². The molecule has 1 atom stereocenters. The summed E-state index contributed by atoms with van der Waals surface area (Å²) in [7, 11) is 7.87. The summed E-state index contributed by atoms with van der Waals surface area (Å²) in [4.78, 5) is 17.1. The Morgan fingerprint density at radius 1 is 1.06 bits per heavy atom. The number of aromatic nitrogens is 1. The lowest BCUT2D eigenvalue weighted by Crippen LogP contribution is -2.43. The topological polar surface area (TPSA) is 46.9 Å². The van der Waals surface area contributed by atoms with Crippen molar-refractivity contribution in [1.29, 1.82) is 0 Å². The van der Waals surface area contributed by atoms with E-state index < -0.39 is 0 Å². The Morgan fingerprint density at radius 3 is 2.58 bits per heavy atom. The SMILES string of the molecule is COC(=O)c1ccc2c(C3CCCCC3)c3n(c2c1)CC(N(C)CCN(C)C)COc1ccccc1-3. The van der Waals surface area contributed by atoms with Crippen LogP contribution in [-0.4, -0.2) is 74.3 Å². The normalized spacial score (nSPS) is 18.4. The predicted molar refractivity (Wildman–Crippen MR) is 145 cm³/mol. The van der Waals surface area contributed by atoms with E-state index in [-0.39, 0.29) is 12.0 Å². The standard InChI is InChI=1S/C30H39N3O3/c1-31(2)16-17-32(3)23-19-33-26-18-22(30(34)35-4)14-15-24(26)28(21-10-6-5-7-11-21)29(33)25-12-8-9-13-27(25)36-20-23/h8-9,12-15,18,21,23H,5-7,10-11,16-17,19-20H2,1-4H3. The Bertz CT molecular complexity index is 1230. The summed E-state index contributed by atoms with van der Waals surface area (Å²) < 4.78 is 14.1. The number of esters is 1. The number of rotatable bonds is 6. The van der Waals surface area contributed by atoms with Crippen molar-refractivity contribution in [3.63, 3.8) is 0 Å². The lowest BCUT2D eigenvalue weighted by atomic mass is 9.81. The third-order valence-corrected chi connectivity index (χ3v) is 8.03. The van der Waals surface area contributed by atoms with Crippen LogP contribution in [0.1, 0.15) is 53.9 Å². The van der Waals surface area contributed by atoms with E-state index >= 15 is 0 Å². The molecule has 6 nitrogen and oxygen atoms in total. The first-order chi connectivity index (χ1) is 17.5. The van der Waals surface area contributed by atoms with Gasteiger partial charge in [-0.2, -0.15) is 0 Å². The molecule has 1 aliphatic heterocycles. The zero-order chi connectivity index (χ0) is 25.2. The monoisotopic (exact) mass is 489 g/mol. The lowest BCUT2D eigenvalue weighted by molar-refractivity contribution is 0.0601. The molecule has 192 valence electrons. The van der Waals surface area contributed by atoms with Crippen molar-refractivity contribution in [3.05, 3.63) is 53.6 Å². The number of methoxy groups -OCH3 is 1. The van der Waals surface area contributed by atoms with Crippen LogP contribution in [0.25, 0.3) is 22.2 Å². The number of hydrogen-bond donors (Lipinski definition) is 0. The van der Waals surface area contributed by atoms with E-state index in [1.807, 2.05) is 12.1 Å². The van der Waals surface area contributed by atoms with Crippen molar-refractivity contribution < 1.29 is 14.3 Å². The number of hydrogen-bond acceptors (Lipinski definition) is 5. The number of carbonyl (C=O) groups excluding carboxylic acids is 1. The van der Waals surface area contributed by atoms with Crippen LogP contribution in [0.4, 0.5) is 0 Å². The molecule has 3 aromatic rings. The van der Waals surface area contributed by atoms with E-state index in [1.165, 1.54) is 55.9 Å². The van der Waals surface area contributed by atoms with Crippen LogP contribution in [0, 0.1) is 0 Å². The number of ether oxygens (including phenoxy) is 2. The van der Waals surface area contributed by atoms with Crippen LogP contribution in [0.15, 0.2) is 42.5 Å². The lowest BCUT2D eigenvalue weighted by Gasteiger charge is -2.33. The van der Waals surface area contributed by atoms with Gasteiger partial charge in [-0.1, -0.05) is 37.5 Å². The smallest absolute Gasteiger partial charge is 0.337 e. The summed E-state index contributed by atoms with van der Waals surface area (Å²) in [6.45, 7) is 3.37. The molecule has 0 bridgehead atoms. The van der Waals surface area contributed by atoms with Gasteiger partial charge in [-0.25, -0.2) is 4.79 Å². The number of para-hydroxylation sites is 1. The summed E-state index contributed by atoms with van der Waals surface area (Å²) in [5.74, 6) is 1.16. The van der Waals surface area contributed by atoms with Crippen LogP contribution < -0.4 is 4.74 Å². The van der Waals surface area contributed by atoms with Crippen LogP contribution in [-0.2, 0) is 11.3 Å². The Balaban J connectivity index is 1.72. The maximum absolute atomic E-state index is 12.5. The summed E-state index contributed by atoms with van der Waals surface area (Å²) in [6, 6.07) is 14.8. The predicted octanol–water partition coefficient (Wildman–Crippen LogP) is 5.40. The highest BCUT2D eigenvalue weighted by Crippen LogP contribution is 2.47. The van der Waals surface area contributed by atoms with E-state index in [9.17, 15) is 4.79 Å². The van der Waals surface area contributed by atoms with E-state index in [4.69, 9.17) is 9.47 Å². The molecule has 1 saturated carbocycles. The van der Waals surface area contributed by atoms with Crippen LogP contribution in [0.2, 0.25) is 0 Å². The first-order valence-corrected chi connectivity index (χ1v) is 13.3. The third kappa shape index (κ3) is 4.76. The molecule has 5 rings (SSSR count). The fourth-order valence-corrected chi connectivity index (χ4v) is 5.95. The summed E-state index contributed by atoms with van der Waals surface area (Å²) >= 11 is 0. The van der Waals surface area contributed by atoms with E-state index in [0.29, 0.717) is 18.1 Å². The Morgan fingerprint density at radius 2 is 1.83 bits per heavy atom. The number of carbonyl (C=O) groups is 1. The van der Waals surface area contributed by atoms with Gasteiger partial charge in [-0.15, -0.1) is 0 Å². The molecule has 36 heavy (non-hydrogen) atoms. The molecule has 1 unspecified atom stereocenters. The molecule has 0 spiro atoms. The fraction of sp³-hybridized carbons (Fsp3) is 0.500. The van der Waals surface area contributed by atoms with Gasteiger partial charge in [0.05, 0.1) is 24.4 Å². The quantitative estimate of drug-likeness (QED) is 0.434. The van der Waals surface area contributed by atoms with Gasteiger partial charge in [-0.3, -0.25) is 4.90 Å². The van der Waals surface area contributed by atoms with Crippen molar-refractivity contribution in [2.24, 2.45) is 0 Å². The first kappa shape index (κ1) is 24.8. The average Bonchev–Trinajstić information content (AvgIpc) is 3.20. The molecule has 1 fully saturated rings. The van der Waals surface area contributed by atoms with Crippen molar-refractivity contribution in [2.75, 3.05) is 47.9 Å². The largest absolute Gasteiger partial charge is 0.491 e. The van der Waals surface area contributed by atoms with E-state index in [1.54, 1.807) is 0 Å². The molecular formula is C30H39N3O3. The van der Waals surface area contributed by atoms with Crippen molar-refractivity contribution in [3.8, 4) is 17.0 Å². The van der Waals surface area contributed by atoms with Gasteiger partial charge in [-0.05, 0) is 69.7 Å². The molecule has 0 N–H and O–H groups in total. The molecule has 2 aromatic carbocycles. The Hall–Kier alpha value is -2.83. The minimum absolute atomic E-state index is 0.202. The molecule has 0 radical (unpaired) electrons. The Kier molecular flexibility index (Phi) is 7.35. The van der Waals surface area contributed by atoms with Crippen LogP contribution >= 0.6 is 0 Å². The van der Waals surface area contributed by atoms with Crippen LogP contribution in [0.5, 0.6) is 5.75 Å². The molecular weight excluding hydrogens is 450 g/mol. The highest BCUT2D eigenvalue weighted by Gasteiger charge is 2.31. The zero-order valence-corrected chi connectivity index (χ0v) is 22.1. The molecule has 6 heteroatoms. The number of benzene rings is 2. The third-order valence-electron chi connectivity index (χ3n) is 8.03. The summed E-state index contributed by atoms with van der Waals surface area (Å²) in [5, 5.41) is 1.26. The van der Waals surface area contributed by atoms with E-state index in [0.717, 1.165) is 36.5 Å². The van der Waals surface area contributed by atoms with Gasteiger partial charge in [0.25, 0.3) is 0 Å². The first-order valence-electron chi connectivity index (χ1n) is 13.3. The highest BCUT2D eigenvalue weighted by molar-refractivity contribution is 5.99. The maximum Gasteiger partial charge on any atom is 0.337 e. The molecule has 1 aliphatic carbocycles. The minimum atomic E-state index is -0.291. The average molecular weight is 490 g/mol. The second kappa shape index (κ2) is 10.7. The molecule has 0 amide bonds. The highest BCUT2D eigenvalue weighted by atomic mass is 16.5. The van der Waals surface area contributed by atoms with Gasteiger partial charge in [0, 0.05) is 36.1 Å². The number of likely N-dealkylation sites (N-methyl/N-ethyl adjacent to an activating group) is 2. The second-order valence-corrected chi connectivity index (χ2v) is 10.7.